The first-order valence-electron chi connectivity index (χ1n) is 10.2. The molecule has 2 aromatic carbocycles. The fourth-order valence-corrected chi connectivity index (χ4v) is 5.22. The second kappa shape index (κ2) is 7.29. The Morgan fingerprint density at radius 2 is 1.93 bits per heavy atom. The zero-order chi connectivity index (χ0) is 19.0. The number of hydrogen-bond donors (Lipinski definition) is 1. The van der Waals surface area contributed by atoms with Crippen molar-refractivity contribution in [3.8, 4) is 5.75 Å². The van der Waals surface area contributed by atoms with E-state index in [0.29, 0.717) is 24.3 Å². The molecule has 3 heteroatoms. The molecule has 1 N–H and O–H groups in total. The Morgan fingerprint density at radius 3 is 2.70 bits per heavy atom. The summed E-state index contributed by atoms with van der Waals surface area (Å²) in [6.45, 7) is 9.68. The van der Waals surface area contributed by atoms with E-state index < -0.39 is 0 Å². The van der Waals surface area contributed by atoms with Crippen LogP contribution in [0.2, 0.25) is 0 Å². The Hall–Kier alpha value is -1.84. The fraction of sp³-hybridized carbons (Fsp3) is 0.500. The number of benzene rings is 2. The van der Waals surface area contributed by atoms with E-state index >= 15 is 0 Å². The van der Waals surface area contributed by atoms with Gasteiger partial charge in [-0.3, -0.25) is 4.90 Å². The van der Waals surface area contributed by atoms with Crippen molar-refractivity contribution in [2.45, 2.75) is 58.3 Å². The summed E-state index contributed by atoms with van der Waals surface area (Å²) in [4.78, 5) is 2.60. The van der Waals surface area contributed by atoms with Crippen molar-refractivity contribution in [3.05, 3.63) is 65.2 Å². The van der Waals surface area contributed by atoms with Crippen LogP contribution in [0.25, 0.3) is 0 Å². The summed E-state index contributed by atoms with van der Waals surface area (Å²) < 4.78 is 6.14. The average molecular weight is 366 g/mol. The summed E-state index contributed by atoms with van der Waals surface area (Å²) in [7, 11) is 0. The van der Waals surface area contributed by atoms with Crippen LogP contribution in [0, 0.1) is 5.41 Å². The maximum Gasteiger partial charge on any atom is 0.119 e. The average Bonchev–Trinajstić information content (AvgIpc) is 2.63. The molecule has 3 nitrogen and oxygen atoms in total. The SMILES string of the molecule is C[C@@H](CN1CC[C@H]2c3cccc(O)c3C[C@@H]1C2(C)C)OCc1ccccc1. The van der Waals surface area contributed by atoms with Gasteiger partial charge in [-0.15, -0.1) is 0 Å². The number of likely N-dealkylation sites (tertiary alicyclic amines) is 1. The van der Waals surface area contributed by atoms with Crippen molar-refractivity contribution in [1.82, 2.24) is 4.90 Å². The lowest BCUT2D eigenvalue weighted by atomic mass is 9.59. The Kier molecular flexibility index (Phi) is 5.00. The van der Waals surface area contributed by atoms with Crippen LogP contribution in [0.5, 0.6) is 5.75 Å². The third-order valence-corrected chi connectivity index (χ3v) is 6.73. The predicted molar refractivity (Wildman–Crippen MR) is 109 cm³/mol. The first-order chi connectivity index (χ1) is 13.0. The summed E-state index contributed by atoms with van der Waals surface area (Å²) in [6.07, 6.45) is 2.26. The summed E-state index contributed by atoms with van der Waals surface area (Å²) in [5, 5.41) is 10.4. The molecule has 1 saturated heterocycles. The van der Waals surface area contributed by atoms with Gasteiger partial charge in [0.2, 0.25) is 0 Å². The zero-order valence-corrected chi connectivity index (χ0v) is 16.7. The van der Waals surface area contributed by atoms with Gasteiger partial charge in [0.05, 0.1) is 12.7 Å². The highest BCUT2D eigenvalue weighted by Crippen LogP contribution is 2.53. The highest BCUT2D eigenvalue weighted by atomic mass is 16.5. The molecule has 1 heterocycles. The molecule has 1 aliphatic heterocycles. The molecule has 1 fully saturated rings. The molecule has 0 radical (unpaired) electrons. The molecule has 2 bridgehead atoms. The Bertz CT molecular complexity index is 786. The lowest BCUT2D eigenvalue weighted by Crippen LogP contribution is -2.58. The van der Waals surface area contributed by atoms with Crippen molar-refractivity contribution in [2.75, 3.05) is 13.1 Å². The number of rotatable bonds is 5. The molecule has 2 aromatic rings. The number of piperidine rings is 1. The van der Waals surface area contributed by atoms with Gasteiger partial charge in [0.25, 0.3) is 0 Å². The lowest BCUT2D eigenvalue weighted by Gasteiger charge is -2.55. The van der Waals surface area contributed by atoms with Crippen LogP contribution >= 0.6 is 0 Å². The number of phenolic OH excluding ortho intramolecular Hbond substituents is 1. The van der Waals surface area contributed by atoms with Gasteiger partial charge in [-0.1, -0.05) is 56.3 Å². The molecule has 144 valence electrons. The molecule has 27 heavy (non-hydrogen) atoms. The fourth-order valence-electron chi connectivity index (χ4n) is 5.22. The highest BCUT2D eigenvalue weighted by Gasteiger charge is 2.49. The third kappa shape index (κ3) is 3.51. The first kappa shape index (κ1) is 18.5. The van der Waals surface area contributed by atoms with E-state index in [1.54, 1.807) is 0 Å². The summed E-state index contributed by atoms with van der Waals surface area (Å²) in [6, 6.07) is 16.9. The number of hydrogen-bond acceptors (Lipinski definition) is 3. The van der Waals surface area contributed by atoms with E-state index in [4.69, 9.17) is 4.74 Å². The van der Waals surface area contributed by atoms with Gasteiger partial charge in [-0.25, -0.2) is 0 Å². The van der Waals surface area contributed by atoms with Crippen LogP contribution in [0.4, 0.5) is 0 Å². The molecule has 0 amide bonds. The van der Waals surface area contributed by atoms with Crippen molar-refractivity contribution in [3.63, 3.8) is 0 Å². The van der Waals surface area contributed by atoms with Gasteiger partial charge in [-0.2, -0.15) is 0 Å². The second-order valence-corrected chi connectivity index (χ2v) is 8.83. The van der Waals surface area contributed by atoms with Crippen molar-refractivity contribution in [2.24, 2.45) is 5.41 Å². The normalized spacial score (nSPS) is 25.0. The Morgan fingerprint density at radius 1 is 1.15 bits per heavy atom. The molecular weight excluding hydrogens is 334 g/mol. The number of nitrogens with zero attached hydrogens (tertiary/aromatic N) is 1. The Labute approximate surface area is 163 Å². The topological polar surface area (TPSA) is 32.7 Å². The summed E-state index contributed by atoms with van der Waals surface area (Å²) >= 11 is 0. The number of ether oxygens (including phenoxy) is 1. The number of fused-ring (bicyclic) bond motifs is 4. The molecule has 2 aliphatic rings. The standard InChI is InChI=1S/C24H31NO2/c1-17(27-16-18-8-5-4-6-9-18)15-25-13-12-21-19-10-7-11-22(26)20(19)14-23(25)24(21,2)3/h4-11,17,21,23,26H,12-16H2,1-3H3/t17-,21-,23+/m0/s1. The predicted octanol–water partition coefficient (Wildman–Crippen LogP) is 4.74. The van der Waals surface area contributed by atoms with E-state index in [2.05, 4.69) is 56.0 Å². The lowest BCUT2D eigenvalue weighted by molar-refractivity contribution is -0.0370. The van der Waals surface area contributed by atoms with Gasteiger partial charge in [0.15, 0.2) is 0 Å². The van der Waals surface area contributed by atoms with E-state index in [0.717, 1.165) is 31.5 Å². The Balaban J connectivity index is 1.47. The van der Waals surface area contributed by atoms with Crippen LogP contribution in [-0.2, 0) is 17.8 Å². The van der Waals surface area contributed by atoms with Crippen LogP contribution in [-0.4, -0.2) is 35.2 Å². The van der Waals surface area contributed by atoms with Crippen molar-refractivity contribution >= 4 is 0 Å². The first-order valence-corrected chi connectivity index (χ1v) is 10.2. The molecule has 0 spiro atoms. The zero-order valence-electron chi connectivity index (χ0n) is 16.7. The maximum atomic E-state index is 10.4. The molecule has 4 rings (SSSR count). The van der Waals surface area contributed by atoms with E-state index in [-0.39, 0.29) is 11.5 Å². The van der Waals surface area contributed by atoms with Gasteiger partial charge < -0.3 is 9.84 Å². The largest absolute Gasteiger partial charge is 0.508 e. The molecule has 0 aromatic heterocycles. The summed E-state index contributed by atoms with van der Waals surface area (Å²) in [5.74, 6) is 0.989. The quantitative estimate of drug-likeness (QED) is 0.831. The molecule has 1 aliphatic carbocycles. The smallest absolute Gasteiger partial charge is 0.119 e. The second-order valence-electron chi connectivity index (χ2n) is 8.83. The molecule has 0 unspecified atom stereocenters. The van der Waals surface area contributed by atoms with Gasteiger partial charge in [0, 0.05) is 12.6 Å². The summed E-state index contributed by atoms with van der Waals surface area (Å²) in [5.41, 5.74) is 3.96. The minimum Gasteiger partial charge on any atom is -0.508 e. The molecule has 0 saturated carbocycles. The number of aromatic hydroxyl groups is 1. The highest BCUT2D eigenvalue weighted by molar-refractivity contribution is 5.45. The van der Waals surface area contributed by atoms with Crippen LogP contribution in [0.3, 0.4) is 0 Å². The number of phenols is 1. The van der Waals surface area contributed by atoms with Gasteiger partial charge in [-0.05, 0) is 60.4 Å². The van der Waals surface area contributed by atoms with E-state index in [1.165, 1.54) is 11.1 Å². The monoisotopic (exact) mass is 365 g/mol. The van der Waals surface area contributed by atoms with E-state index in [9.17, 15) is 5.11 Å². The van der Waals surface area contributed by atoms with E-state index in [1.807, 2.05) is 18.2 Å². The minimum absolute atomic E-state index is 0.184. The molecule has 3 atom stereocenters. The van der Waals surface area contributed by atoms with Crippen LogP contribution in [0.1, 0.15) is 49.8 Å². The molecular formula is C24H31NO2. The van der Waals surface area contributed by atoms with Gasteiger partial charge in [0.1, 0.15) is 5.75 Å². The van der Waals surface area contributed by atoms with Crippen molar-refractivity contribution < 1.29 is 9.84 Å². The third-order valence-electron chi connectivity index (χ3n) is 6.73. The minimum atomic E-state index is 0.184. The van der Waals surface area contributed by atoms with Crippen LogP contribution < -0.4 is 0 Å². The van der Waals surface area contributed by atoms with Crippen LogP contribution in [0.15, 0.2) is 48.5 Å². The maximum absolute atomic E-state index is 10.4. The van der Waals surface area contributed by atoms with Crippen molar-refractivity contribution in [1.29, 1.82) is 0 Å². The van der Waals surface area contributed by atoms with Gasteiger partial charge >= 0.3 is 0 Å².